The molecule has 0 spiro atoms. The second-order valence-electron chi connectivity index (χ2n) is 7.17. The van der Waals surface area contributed by atoms with Crippen LogP contribution in [-0.2, 0) is 0 Å². The number of carbonyl (C=O) groups excluding carboxylic acids is 1. The molecule has 3 aromatic carbocycles. The highest BCUT2D eigenvalue weighted by Crippen LogP contribution is 2.44. The zero-order valence-corrected chi connectivity index (χ0v) is 17.5. The van der Waals surface area contributed by atoms with E-state index in [2.05, 4.69) is 12.6 Å². The van der Waals surface area contributed by atoms with Gasteiger partial charge in [-0.05, 0) is 35.9 Å². The number of ether oxygens (including phenoxy) is 3. The molecule has 0 saturated heterocycles. The Morgan fingerprint density at radius 3 is 2.73 bits per heavy atom. The molecule has 0 fully saturated rings. The predicted octanol–water partition coefficient (Wildman–Crippen LogP) is 4.83. The molecule has 1 aliphatic heterocycles. The topological polar surface area (TPSA) is 94.6 Å². The minimum absolute atomic E-state index is 0.0509. The van der Waals surface area contributed by atoms with Crippen LogP contribution in [0.15, 0.2) is 90.8 Å². The first kappa shape index (κ1) is 21.7. The fourth-order valence-electron chi connectivity index (χ4n) is 3.57. The first-order valence-electron chi connectivity index (χ1n) is 10.0. The summed E-state index contributed by atoms with van der Waals surface area (Å²) in [5, 5.41) is 9.74. The Kier molecular flexibility index (Phi) is 6.09. The maximum atomic E-state index is 13.9. The van der Waals surface area contributed by atoms with Crippen molar-refractivity contribution in [1.82, 2.24) is 0 Å². The van der Waals surface area contributed by atoms with Gasteiger partial charge in [-0.1, -0.05) is 43.0 Å². The van der Waals surface area contributed by atoms with Crippen molar-refractivity contribution in [2.75, 3.05) is 6.61 Å². The van der Waals surface area contributed by atoms with E-state index in [0.717, 1.165) is 5.56 Å². The molecule has 1 atom stereocenters. The number of fused-ring (bicyclic) bond motifs is 1. The number of esters is 1. The van der Waals surface area contributed by atoms with E-state index < -0.39 is 17.7 Å². The van der Waals surface area contributed by atoms with Crippen molar-refractivity contribution >= 4 is 5.97 Å². The normalized spacial score (nSPS) is 14.5. The third-order valence-corrected chi connectivity index (χ3v) is 5.05. The lowest BCUT2D eigenvalue weighted by atomic mass is 9.83. The second kappa shape index (κ2) is 9.28. The molecule has 33 heavy (non-hydrogen) atoms. The van der Waals surface area contributed by atoms with Crippen LogP contribution in [0.4, 0.5) is 4.39 Å². The van der Waals surface area contributed by atoms with Gasteiger partial charge in [-0.25, -0.2) is 9.18 Å². The number of rotatable bonds is 6. The van der Waals surface area contributed by atoms with E-state index in [1.54, 1.807) is 30.3 Å². The first-order chi connectivity index (χ1) is 16.0. The number of nitriles is 1. The lowest BCUT2D eigenvalue weighted by Crippen LogP contribution is -2.21. The lowest BCUT2D eigenvalue weighted by Gasteiger charge is -2.27. The van der Waals surface area contributed by atoms with Gasteiger partial charge >= 0.3 is 5.97 Å². The third kappa shape index (κ3) is 4.41. The number of benzene rings is 3. The molecule has 3 aromatic rings. The van der Waals surface area contributed by atoms with Gasteiger partial charge in [-0.2, -0.15) is 5.26 Å². The van der Waals surface area contributed by atoms with Gasteiger partial charge in [0.15, 0.2) is 0 Å². The molecule has 0 amide bonds. The maximum absolute atomic E-state index is 13.9. The SMILES string of the molecule is C=CCOc1cccc(C2C(C#N)=C(N)Oc3cc(OC(=O)c4ccccc4F)ccc32)c1. The largest absolute Gasteiger partial charge is 0.490 e. The monoisotopic (exact) mass is 442 g/mol. The maximum Gasteiger partial charge on any atom is 0.346 e. The van der Waals surface area contributed by atoms with Gasteiger partial charge in [0, 0.05) is 11.6 Å². The minimum Gasteiger partial charge on any atom is -0.490 e. The third-order valence-electron chi connectivity index (χ3n) is 5.05. The highest BCUT2D eigenvalue weighted by atomic mass is 19.1. The fraction of sp³-hybridized carbons (Fsp3) is 0.0769. The van der Waals surface area contributed by atoms with Crippen molar-refractivity contribution < 1.29 is 23.4 Å². The van der Waals surface area contributed by atoms with Gasteiger partial charge in [0.25, 0.3) is 0 Å². The highest BCUT2D eigenvalue weighted by molar-refractivity contribution is 5.91. The van der Waals surface area contributed by atoms with E-state index in [1.165, 1.54) is 24.3 Å². The van der Waals surface area contributed by atoms with Crippen LogP contribution in [0.2, 0.25) is 0 Å². The molecule has 1 heterocycles. The summed E-state index contributed by atoms with van der Waals surface area (Å²) < 4.78 is 30.5. The van der Waals surface area contributed by atoms with Gasteiger partial charge in [0.2, 0.25) is 5.88 Å². The molecule has 0 aromatic heterocycles. The van der Waals surface area contributed by atoms with E-state index in [-0.39, 0.29) is 22.8 Å². The van der Waals surface area contributed by atoms with E-state index in [0.29, 0.717) is 23.7 Å². The Morgan fingerprint density at radius 1 is 1.15 bits per heavy atom. The average Bonchev–Trinajstić information content (AvgIpc) is 2.82. The highest BCUT2D eigenvalue weighted by Gasteiger charge is 2.31. The van der Waals surface area contributed by atoms with Crippen LogP contribution in [0.3, 0.4) is 0 Å². The summed E-state index contributed by atoms with van der Waals surface area (Å²) >= 11 is 0. The van der Waals surface area contributed by atoms with Crippen molar-refractivity contribution in [1.29, 1.82) is 5.26 Å². The summed E-state index contributed by atoms with van der Waals surface area (Å²) in [6, 6.07) is 19.7. The first-order valence-corrected chi connectivity index (χ1v) is 10.0. The van der Waals surface area contributed by atoms with Gasteiger partial charge in [-0.3, -0.25) is 0 Å². The van der Waals surface area contributed by atoms with Crippen LogP contribution >= 0.6 is 0 Å². The van der Waals surface area contributed by atoms with Crippen molar-refractivity contribution in [2.24, 2.45) is 5.73 Å². The Hall–Kier alpha value is -4.57. The summed E-state index contributed by atoms with van der Waals surface area (Å²) in [7, 11) is 0. The van der Waals surface area contributed by atoms with E-state index >= 15 is 0 Å². The fourth-order valence-corrected chi connectivity index (χ4v) is 3.57. The summed E-state index contributed by atoms with van der Waals surface area (Å²) in [5.74, 6) is -0.987. The second-order valence-corrected chi connectivity index (χ2v) is 7.17. The van der Waals surface area contributed by atoms with Crippen LogP contribution < -0.4 is 19.9 Å². The molecule has 164 valence electrons. The standard InChI is InChI=1S/C26H19FN2O4/c1-2-12-31-17-7-5-6-16(13-17)24-20-11-10-18(14-23(20)33-25(29)21(24)15-28)32-26(30)19-8-3-4-9-22(19)27/h2-11,13-14,24H,1,12,29H2. The van der Waals surface area contributed by atoms with Gasteiger partial charge < -0.3 is 19.9 Å². The van der Waals surface area contributed by atoms with E-state index in [4.69, 9.17) is 19.9 Å². The number of nitrogens with zero attached hydrogens (tertiary/aromatic N) is 1. The van der Waals surface area contributed by atoms with Crippen LogP contribution in [0.1, 0.15) is 27.4 Å². The molecule has 2 N–H and O–H groups in total. The molecular formula is C26H19FN2O4. The number of hydrogen-bond acceptors (Lipinski definition) is 6. The van der Waals surface area contributed by atoms with Gasteiger partial charge in [0.05, 0.1) is 11.5 Å². The molecular weight excluding hydrogens is 423 g/mol. The van der Waals surface area contributed by atoms with Crippen molar-refractivity contribution in [3.63, 3.8) is 0 Å². The molecule has 1 unspecified atom stereocenters. The summed E-state index contributed by atoms with van der Waals surface area (Å²) in [5.41, 5.74) is 7.55. The molecule has 4 rings (SSSR count). The Bertz CT molecular complexity index is 1310. The Morgan fingerprint density at radius 2 is 1.97 bits per heavy atom. The zero-order valence-electron chi connectivity index (χ0n) is 17.5. The number of halogens is 1. The van der Waals surface area contributed by atoms with Crippen molar-refractivity contribution in [2.45, 2.75) is 5.92 Å². The zero-order chi connectivity index (χ0) is 23.4. The van der Waals surface area contributed by atoms with Crippen LogP contribution in [0.25, 0.3) is 0 Å². The average molecular weight is 442 g/mol. The number of carbonyl (C=O) groups is 1. The Balaban J connectivity index is 1.69. The molecule has 0 aliphatic carbocycles. The number of allylic oxidation sites excluding steroid dienone is 1. The quantitative estimate of drug-likeness (QED) is 0.334. The predicted molar refractivity (Wildman–Crippen MR) is 119 cm³/mol. The molecule has 0 saturated carbocycles. The molecule has 1 aliphatic rings. The lowest BCUT2D eigenvalue weighted by molar-refractivity contribution is 0.0729. The summed E-state index contributed by atoms with van der Waals surface area (Å²) in [6.07, 6.45) is 1.64. The molecule has 0 radical (unpaired) electrons. The van der Waals surface area contributed by atoms with Crippen molar-refractivity contribution in [3.8, 4) is 23.3 Å². The van der Waals surface area contributed by atoms with E-state index in [1.807, 2.05) is 18.2 Å². The summed E-state index contributed by atoms with van der Waals surface area (Å²) in [6.45, 7) is 3.98. The molecule has 0 bridgehead atoms. The van der Waals surface area contributed by atoms with Crippen LogP contribution in [0, 0.1) is 17.1 Å². The smallest absolute Gasteiger partial charge is 0.346 e. The van der Waals surface area contributed by atoms with Crippen LogP contribution in [-0.4, -0.2) is 12.6 Å². The van der Waals surface area contributed by atoms with Crippen LogP contribution in [0.5, 0.6) is 17.2 Å². The van der Waals surface area contributed by atoms with Gasteiger partial charge in [-0.15, -0.1) is 0 Å². The summed E-state index contributed by atoms with van der Waals surface area (Å²) in [4.78, 5) is 12.4. The number of nitrogens with two attached hydrogens (primary N) is 1. The molecule has 6 nitrogen and oxygen atoms in total. The van der Waals surface area contributed by atoms with Crippen molar-refractivity contribution in [3.05, 3.63) is 113 Å². The Labute approximate surface area is 189 Å². The minimum atomic E-state index is -0.839. The van der Waals surface area contributed by atoms with Gasteiger partial charge in [0.1, 0.15) is 41.3 Å². The van der Waals surface area contributed by atoms with E-state index in [9.17, 15) is 14.4 Å². The number of hydrogen-bond donors (Lipinski definition) is 1. The molecule has 7 heteroatoms.